The Kier molecular flexibility index (Phi) is 6.50. The predicted molar refractivity (Wildman–Crippen MR) is 137 cm³/mol. The quantitative estimate of drug-likeness (QED) is 0.394. The van der Waals surface area contributed by atoms with E-state index in [1.54, 1.807) is 0 Å². The van der Waals surface area contributed by atoms with Gasteiger partial charge in [-0.2, -0.15) is 0 Å². The highest BCUT2D eigenvalue weighted by atomic mass is 15.3. The van der Waals surface area contributed by atoms with E-state index in [0.717, 1.165) is 6.54 Å². The van der Waals surface area contributed by atoms with Crippen molar-refractivity contribution in [2.75, 3.05) is 11.4 Å². The van der Waals surface area contributed by atoms with E-state index in [-0.39, 0.29) is 0 Å². The fourth-order valence-electron chi connectivity index (χ4n) is 5.60. The lowest BCUT2D eigenvalue weighted by Crippen LogP contribution is -2.38. The van der Waals surface area contributed by atoms with Gasteiger partial charge in [-0.3, -0.25) is 4.58 Å². The summed E-state index contributed by atoms with van der Waals surface area (Å²) in [5.74, 6) is 2.19. The van der Waals surface area contributed by atoms with Crippen LogP contribution in [0.15, 0.2) is 78.9 Å². The molecule has 2 heteroatoms. The zero-order chi connectivity index (χ0) is 22.8. The number of nitrogens with zero attached hydrogens (tertiary/aromatic N) is 2. The molecule has 32 heavy (non-hydrogen) atoms. The molecule has 1 aliphatic heterocycles. The van der Waals surface area contributed by atoms with Gasteiger partial charge in [-0.25, -0.2) is 4.90 Å². The van der Waals surface area contributed by atoms with Gasteiger partial charge in [0.25, 0.3) is 5.84 Å². The Morgan fingerprint density at radius 2 is 1.22 bits per heavy atom. The van der Waals surface area contributed by atoms with Crippen LogP contribution < -0.4 is 4.90 Å². The molecule has 2 nitrogen and oxygen atoms in total. The Balaban J connectivity index is 1.92. The van der Waals surface area contributed by atoms with E-state index in [9.17, 15) is 0 Å². The second-order valence-electron chi connectivity index (χ2n) is 9.73. The average Bonchev–Trinajstić information content (AvgIpc) is 3.16. The number of aryl methyl sites for hydroxylation is 2. The number of hydrogen-bond acceptors (Lipinski definition) is 1. The first-order valence-corrected chi connectivity index (χ1v) is 12.0. The SMILES string of the molecule is Cc1cccc(C)c1N1C[C@H](C(c2ccccc2)c2ccccc2)[N+](C(C)C)=C1C(C)C. The minimum absolute atomic E-state index is 0.308. The summed E-state index contributed by atoms with van der Waals surface area (Å²) in [6, 6.07) is 29.6. The molecule has 1 heterocycles. The number of benzene rings is 3. The topological polar surface area (TPSA) is 6.25 Å². The van der Waals surface area contributed by atoms with Crippen molar-refractivity contribution in [2.45, 2.75) is 59.5 Å². The minimum Gasteiger partial charge on any atom is -0.255 e. The summed E-state index contributed by atoms with van der Waals surface area (Å²) in [4.78, 5) is 2.62. The zero-order valence-electron chi connectivity index (χ0n) is 20.4. The van der Waals surface area contributed by atoms with Gasteiger partial charge in [0.2, 0.25) is 0 Å². The Morgan fingerprint density at radius 1 is 0.719 bits per heavy atom. The summed E-state index contributed by atoms with van der Waals surface area (Å²) >= 11 is 0. The van der Waals surface area contributed by atoms with Crippen LogP contribution in [0.25, 0.3) is 0 Å². The number of amidine groups is 1. The Bertz CT molecular complexity index is 1020. The van der Waals surface area contributed by atoms with Crippen molar-refractivity contribution in [3.05, 3.63) is 101 Å². The molecular formula is C30H37N2+. The molecule has 0 amide bonds. The van der Waals surface area contributed by atoms with E-state index in [0.29, 0.717) is 23.9 Å². The van der Waals surface area contributed by atoms with E-state index in [1.807, 2.05) is 0 Å². The maximum absolute atomic E-state index is 2.71. The fraction of sp³-hybridized carbons (Fsp3) is 0.367. The molecule has 0 spiro atoms. The molecule has 166 valence electrons. The molecule has 1 aliphatic rings. The van der Waals surface area contributed by atoms with Crippen molar-refractivity contribution in [3.63, 3.8) is 0 Å². The van der Waals surface area contributed by atoms with E-state index in [4.69, 9.17) is 0 Å². The molecule has 0 aromatic heterocycles. The van der Waals surface area contributed by atoms with Crippen LogP contribution in [-0.4, -0.2) is 29.0 Å². The predicted octanol–water partition coefficient (Wildman–Crippen LogP) is 6.80. The molecule has 0 fully saturated rings. The van der Waals surface area contributed by atoms with Crippen LogP contribution in [0.4, 0.5) is 5.69 Å². The van der Waals surface area contributed by atoms with Crippen LogP contribution in [0.1, 0.15) is 55.9 Å². The zero-order valence-corrected chi connectivity index (χ0v) is 20.4. The van der Waals surface area contributed by atoms with Gasteiger partial charge in [-0.15, -0.1) is 0 Å². The number of hydrogen-bond donors (Lipinski definition) is 0. The Morgan fingerprint density at radius 3 is 1.66 bits per heavy atom. The first-order chi connectivity index (χ1) is 15.4. The van der Waals surface area contributed by atoms with Crippen molar-refractivity contribution in [3.8, 4) is 0 Å². The van der Waals surface area contributed by atoms with Gasteiger partial charge in [0.1, 0.15) is 18.3 Å². The van der Waals surface area contributed by atoms with Gasteiger partial charge in [0.15, 0.2) is 0 Å². The standard InChI is InChI=1S/C30H37N2/c1-21(2)30-31(29-23(5)14-13-15-24(29)6)20-27(32(30)22(3)4)28(25-16-9-7-10-17-25)26-18-11-8-12-19-26/h7-19,21-22,27-28H,20H2,1-6H3/q+1/t27-/m1/s1. The number of anilines is 1. The van der Waals surface area contributed by atoms with Crippen LogP contribution in [0.2, 0.25) is 0 Å². The smallest absolute Gasteiger partial charge is 0.255 e. The second kappa shape index (κ2) is 9.32. The molecule has 0 bridgehead atoms. The molecule has 0 radical (unpaired) electrons. The maximum atomic E-state index is 2.71. The molecule has 0 N–H and O–H groups in total. The summed E-state index contributed by atoms with van der Waals surface area (Å²) in [6.45, 7) is 14.9. The number of para-hydroxylation sites is 1. The Labute approximate surface area is 194 Å². The normalized spacial score (nSPS) is 16.7. The summed E-state index contributed by atoms with van der Waals surface area (Å²) in [5, 5.41) is 0. The van der Waals surface area contributed by atoms with Gasteiger partial charge in [-0.05, 0) is 49.9 Å². The monoisotopic (exact) mass is 425 g/mol. The summed E-state index contributed by atoms with van der Waals surface area (Å²) in [6.07, 6.45) is 0. The van der Waals surface area contributed by atoms with Crippen LogP contribution in [-0.2, 0) is 0 Å². The van der Waals surface area contributed by atoms with Crippen LogP contribution in [0.5, 0.6) is 0 Å². The first-order valence-electron chi connectivity index (χ1n) is 12.0. The van der Waals surface area contributed by atoms with Gasteiger partial charge in [0.05, 0.1) is 17.9 Å². The molecular weight excluding hydrogens is 388 g/mol. The van der Waals surface area contributed by atoms with Gasteiger partial charge in [-0.1, -0.05) is 92.7 Å². The van der Waals surface area contributed by atoms with E-state index < -0.39 is 0 Å². The maximum Gasteiger partial charge on any atom is 0.255 e. The van der Waals surface area contributed by atoms with Crippen molar-refractivity contribution in [1.29, 1.82) is 0 Å². The highest BCUT2D eigenvalue weighted by molar-refractivity contribution is 5.98. The molecule has 3 aromatic carbocycles. The largest absolute Gasteiger partial charge is 0.255 e. The third-order valence-corrected chi connectivity index (χ3v) is 6.75. The second-order valence-corrected chi connectivity index (χ2v) is 9.73. The molecule has 0 unspecified atom stereocenters. The summed E-state index contributed by atoms with van der Waals surface area (Å²) in [7, 11) is 0. The van der Waals surface area contributed by atoms with Gasteiger partial charge >= 0.3 is 0 Å². The lowest BCUT2D eigenvalue weighted by Gasteiger charge is -2.26. The summed E-state index contributed by atoms with van der Waals surface area (Å²) < 4.78 is 2.71. The van der Waals surface area contributed by atoms with Crippen LogP contribution in [0.3, 0.4) is 0 Å². The molecule has 0 saturated heterocycles. The lowest BCUT2D eigenvalue weighted by molar-refractivity contribution is -0.588. The molecule has 3 aromatic rings. The van der Waals surface area contributed by atoms with E-state index >= 15 is 0 Å². The fourth-order valence-corrected chi connectivity index (χ4v) is 5.60. The van der Waals surface area contributed by atoms with Gasteiger partial charge < -0.3 is 0 Å². The molecule has 0 saturated carbocycles. The molecule has 0 aliphatic carbocycles. The number of rotatable bonds is 6. The average molecular weight is 426 g/mol. The Hall–Kier alpha value is -2.87. The molecule has 1 atom stereocenters. The highest BCUT2D eigenvalue weighted by Crippen LogP contribution is 2.37. The molecule has 4 rings (SSSR count). The summed E-state index contributed by atoms with van der Waals surface area (Å²) in [5.41, 5.74) is 6.86. The third-order valence-electron chi connectivity index (χ3n) is 6.75. The van der Waals surface area contributed by atoms with Crippen molar-refractivity contribution >= 4 is 11.5 Å². The highest BCUT2D eigenvalue weighted by Gasteiger charge is 2.47. The lowest BCUT2D eigenvalue weighted by atomic mass is 9.84. The first kappa shape index (κ1) is 22.3. The van der Waals surface area contributed by atoms with E-state index in [2.05, 4.69) is 130 Å². The van der Waals surface area contributed by atoms with Crippen molar-refractivity contribution in [2.24, 2.45) is 5.92 Å². The van der Waals surface area contributed by atoms with E-state index in [1.165, 1.54) is 33.8 Å². The van der Waals surface area contributed by atoms with Gasteiger partial charge in [0, 0.05) is 0 Å². The minimum atomic E-state index is 0.308. The van der Waals surface area contributed by atoms with Crippen molar-refractivity contribution < 1.29 is 4.58 Å². The van der Waals surface area contributed by atoms with Crippen LogP contribution >= 0.6 is 0 Å². The van der Waals surface area contributed by atoms with Crippen LogP contribution in [0, 0.1) is 19.8 Å². The third kappa shape index (κ3) is 4.11. The van der Waals surface area contributed by atoms with Crippen molar-refractivity contribution in [1.82, 2.24) is 0 Å².